The molecule has 90 valence electrons. The van der Waals surface area contributed by atoms with Crippen LogP contribution >= 0.6 is 11.8 Å². The molecule has 0 aliphatic carbocycles. The molecular weight excluding hydrogens is 242 g/mol. The molecule has 0 aliphatic rings. The molecule has 2 aromatic rings. The highest BCUT2D eigenvalue weighted by Gasteiger charge is 2.14. The second-order valence-corrected chi connectivity index (χ2v) is 4.40. The Kier molecular flexibility index (Phi) is 3.14. The summed E-state index contributed by atoms with van der Waals surface area (Å²) in [6, 6.07) is 0. The van der Waals surface area contributed by atoms with E-state index in [4.69, 9.17) is 5.11 Å². The van der Waals surface area contributed by atoms with Crippen molar-refractivity contribution in [2.24, 2.45) is 7.05 Å². The SMILES string of the molecule is Cc1[nH]ncc1-c1nnc(SCC(=O)O)n1C. The van der Waals surface area contributed by atoms with Gasteiger partial charge in [0.05, 0.1) is 17.5 Å². The first-order valence-electron chi connectivity index (χ1n) is 4.84. The minimum absolute atomic E-state index is 0.0314. The largest absolute Gasteiger partial charge is 0.481 e. The van der Waals surface area contributed by atoms with Crippen LogP contribution in [0, 0.1) is 6.92 Å². The summed E-state index contributed by atoms with van der Waals surface area (Å²) >= 11 is 1.14. The molecule has 0 fully saturated rings. The second-order valence-electron chi connectivity index (χ2n) is 3.46. The van der Waals surface area contributed by atoms with Crippen LogP contribution in [0.5, 0.6) is 0 Å². The number of carboxylic acid groups (broad SMARTS) is 1. The molecule has 0 aliphatic heterocycles. The number of nitrogens with zero attached hydrogens (tertiary/aromatic N) is 4. The van der Waals surface area contributed by atoms with E-state index in [2.05, 4.69) is 20.4 Å². The Morgan fingerprint density at radius 2 is 2.35 bits per heavy atom. The lowest BCUT2D eigenvalue weighted by Crippen LogP contribution is -2.01. The van der Waals surface area contributed by atoms with E-state index in [1.165, 1.54) is 0 Å². The molecule has 2 N–H and O–H groups in total. The molecule has 0 radical (unpaired) electrons. The number of H-pyrrole nitrogens is 1. The number of rotatable bonds is 4. The molecule has 0 spiro atoms. The molecule has 0 saturated carbocycles. The zero-order valence-electron chi connectivity index (χ0n) is 9.34. The normalized spacial score (nSPS) is 10.7. The van der Waals surface area contributed by atoms with Crippen LogP contribution in [-0.2, 0) is 11.8 Å². The summed E-state index contributed by atoms with van der Waals surface area (Å²) in [5.41, 5.74) is 1.76. The first-order chi connectivity index (χ1) is 8.09. The number of aromatic amines is 1. The number of aliphatic carboxylic acids is 1. The fourth-order valence-electron chi connectivity index (χ4n) is 1.38. The number of thioether (sulfide) groups is 1. The summed E-state index contributed by atoms with van der Waals surface area (Å²) in [7, 11) is 1.80. The maximum Gasteiger partial charge on any atom is 0.313 e. The molecule has 0 unspecified atom stereocenters. The number of hydrogen-bond donors (Lipinski definition) is 2. The van der Waals surface area contributed by atoms with Gasteiger partial charge < -0.3 is 9.67 Å². The molecule has 0 atom stereocenters. The van der Waals surface area contributed by atoms with E-state index in [1.807, 2.05) is 6.92 Å². The summed E-state index contributed by atoms with van der Waals surface area (Å²) in [5.74, 6) is -0.237. The van der Waals surface area contributed by atoms with Crippen LogP contribution in [0.4, 0.5) is 0 Å². The lowest BCUT2D eigenvalue weighted by molar-refractivity contribution is -0.133. The van der Waals surface area contributed by atoms with E-state index < -0.39 is 5.97 Å². The van der Waals surface area contributed by atoms with Crippen molar-refractivity contribution in [2.45, 2.75) is 12.1 Å². The monoisotopic (exact) mass is 253 g/mol. The van der Waals surface area contributed by atoms with Gasteiger partial charge in [-0.25, -0.2) is 0 Å². The van der Waals surface area contributed by atoms with E-state index in [9.17, 15) is 4.79 Å². The smallest absolute Gasteiger partial charge is 0.313 e. The fourth-order valence-corrected chi connectivity index (χ4v) is 2.01. The fraction of sp³-hybridized carbons (Fsp3) is 0.333. The van der Waals surface area contributed by atoms with Crippen LogP contribution in [0.3, 0.4) is 0 Å². The van der Waals surface area contributed by atoms with Gasteiger partial charge in [0.15, 0.2) is 11.0 Å². The Bertz CT molecular complexity index is 547. The van der Waals surface area contributed by atoms with Gasteiger partial charge in [-0.1, -0.05) is 11.8 Å². The first kappa shape index (κ1) is 11.6. The van der Waals surface area contributed by atoms with Gasteiger partial charge in [-0.3, -0.25) is 9.89 Å². The van der Waals surface area contributed by atoms with Crippen molar-refractivity contribution in [2.75, 3.05) is 5.75 Å². The second kappa shape index (κ2) is 4.58. The van der Waals surface area contributed by atoms with E-state index in [1.54, 1.807) is 17.8 Å². The highest BCUT2D eigenvalue weighted by Crippen LogP contribution is 2.23. The maximum atomic E-state index is 10.5. The summed E-state index contributed by atoms with van der Waals surface area (Å²) < 4.78 is 1.76. The van der Waals surface area contributed by atoms with Gasteiger partial charge >= 0.3 is 5.97 Å². The molecule has 8 heteroatoms. The molecule has 2 aromatic heterocycles. The quantitative estimate of drug-likeness (QED) is 0.778. The Morgan fingerprint density at radius 1 is 1.59 bits per heavy atom. The Labute approximate surface area is 101 Å². The predicted octanol–water partition coefficient (Wildman–Crippen LogP) is 0.690. The predicted molar refractivity (Wildman–Crippen MR) is 61.7 cm³/mol. The van der Waals surface area contributed by atoms with Gasteiger partial charge in [0.25, 0.3) is 0 Å². The maximum absolute atomic E-state index is 10.5. The topological polar surface area (TPSA) is 96.7 Å². The van der Waals surface area contributed by atoms with Gasteiger partial charge in [0.2, 0.25) is 0 Å². The third-order valence-electron chi connectivity index (χ3n) is 2.23. The summed E-state index contributed by atoms with van der Waals surface area (Å²) in [6.45, 7) is 1.89. The minimum Gasteiger partial charge on any atom is -0.481 e. The number of aromatic nitrogens is 5. The number of aryl methyl sites for hydroxylation is 1. The van der Waals surface area contributed by atoms with Crippen LogP contribution in [0.1, 0.15) is 5.69 Å². The summed E-state index contributed by atoms with van der Waals surface area (Å²) in [5, 5.41) is 23.9. The van der Waals surface area contributed by atoms with Crippen LogP contribution in [0.25, 0.3) is 11.4 Å². The average Bonchev–Trinajstić information content (AvgIpc) is 2.82. The van der Waals surface area contributed by atoms with E-state index in [0.29, 0.717) is 11.0 Å². The molecule has 7 nitrogen and oxygen atoms in total. The third-order valence-corrected chi connectivity index (χ3v) is 3.24. The molecule has 0 bridgehead atoms. The van der Waals surface area contributed by atoms with Crippen molar-refractivity contribution in [3.63, 3.8) is 0 Å². The summed E-state index contributed by atoms with van der Waals surface area (Å²) in [4.78, 5) is 10.5. The van der Waals surface area contributed by atoms with Gasteiger partial charge in [-0.2, -0.15) is 5.10 Å². The van der Waals surface area contributed by atoms with Gasteiger partial charge in [0, 0.05) is 12.7 Å². The zero-order chi connectivity index (χ0) is 12.4. The Hall–Kier alpha value is -1.83. The minimum atomic E-state index is -0.876. The number of carboxylic acids is 1. The van der Waals surface area contributed by atoms with Crippen molar-refractivity contribution in [3.05, 3.63) is 11.9 Å². The van der Waals surface area contributed by atoms with Crippen molar-refractivity contribution >= 4 is 17.7 Å². The van der Waals surface area contributed by atoms with Gasteiger partial charge in [-0.15, -0.1) is 10.2 Å². The molecule has 0 aromatic carbocycles. The Morgan fingerprint density at radius 3 is 2.94 bits per heavy atom. The zero-order valence-corrected chi connectivity index (χ0v) is 10.2. The highest BCUT2D eigenvalue weighted by atomic mass is 32.2. The number of nitrogens with one attached hydrogen (secondary N) is 1. The Balaban J connectivity index is 2.27. The van der Waals surface area contributed by atoms with Crippen LogP contribution in [0.2, 0.25) is 0 Å². The van der Waals surface area contributed by atoms with Crippen molar-refractivity contribution < 1.29 is 9.90 Å². The van der Waals surface area contributed by atoms with E-state index in [-0.39, 0.29) is 5.75 Å². The van der Waals surface area contributed by atoms with Crippen LogP contribution < -0.4 is 0 Å². The first-order valence-corrected chi connectivity index (χ1v) is 5.82. The van der Waals surface area contributed by atoms with Gasteiger partial charge in [0.1, 0.15) is 0 Å². The van der Waals surface area contributed by atoms with Crippen LogP contribution in [-0.4, -0.2) is 41.8 Å². The number of hydrogen-bond acceptors (Lipinski definition) is 5. The van der Waals surface area contributed by atoms with Gasteiger partial charge in [-0.05, 0) is 6.92 Å². The molecular formula is C9H11N5O2S. The standard InChI is InChI=1S/C9H11N5O2S/c1-5-6(3-10-11-5)8-12-13-9(14(8)2)17-4-7(15)16/h3H,4H2,1-2H3,(H,10,11)(H,15,16). The van der Waals surface area contributed by atoms with E-state index in [0.717, 1.165) is 23.0 Å². The summed E-state index contributed by atoms with van der Waals surface area (Å²) in [6.07, 6.45) is 1.67. The third kappa shape index (κ3) is 2.31. The highest BCUT2D eigenvalue weighted by molar-refractivity contribution is 7.99. The lowest BCUT2D eigenvalue weighted by Gasteiger charge is -2.01. The molecule has 2 rings (SSSR count). The molecule has 2 heterocycles. The van der Waals surface area contributed by atoms with Crippen molar-refractivity contribution in [1.29, 1.82) is 0 Å². The average molecular weight is 253 g/mol. The molecule has 0 saturated heterocycles. The van der Waals surface area contributed by atoms with Crippen molar-refractivity contribution in [3.8, 4) is 11.4 Å². The molecule has 17 heavy (non-hydrogen) atoms. The lowest BCUT2D eigenvalue weighted by atomic mass is 10.2. The van der Waals surface area contributed by atoms with Crippen molar-refractivity contribution in [1.82, 2.24) is 25.0 Å². The van der Waals surface area contributed by atoms with E-state index >= 15 is 0 Å². The molecule has 0 amide bonds. The number of carbonyl (C=O) groups is 1. The van der Waals surface area contributed by atoms with Crippen LogP contribution in [0.15, 0.2) is 11.4 Å².